The summed E-state index contributed by atoms with van der Waals surface area (Å²) in [4.78, 5) is 0. The highest BCUT2D eigenvalue weighted by Gasteiger charge is 2.16. The molecule has 6 heteroatoms. The Morgan fingerprint density at radius 3 is 2.70 bits per heavy atom. The van der Waals surface area contributed by atoms with Gasteiger partial charge in [-0.05, 0) is 44.0 Å². The van der Waals surface area contributed by atoms with Crippen molar-refractivity contribution in [2.75, 3.05) is 0 Å². The first-order valence-corrected chi connectivity index (χ1v) is 6.32. The van der Waals surface area contributed by atoms with Gasteiger partial charge in [0.1, 0.15) is 5.82 Å². The van der Waals surface area contributed by atoms with Gasteiger partial charge in [-0.1, -0.05) is 12.1 Å². The van der Waals surface area contributed by atoms with Gasteiger partial charge in [-0.3, -0.25) is 0 Å². The zero-order valence-electron chi connectivity index (χ0n) is 11.7. The van der Waals surface area contributed by atoms with Gasteiger partial charge < -0.3 is 10.9 Å². The van der Waals surface area contributed by atoms with E-state index in [4.69, 9.17) is 10.9 Å². The van der Waals surface area contributed by atoms with Crippen molar-refractivity contribution in [3.8, 4) is 5.69 Å². The van der Waals surface area contributed by atoms with E-state index in [0.717, 1.165) is 23.4 Å². The van der Waals surface area contributed by atoms with Crippen LogP contribution in [0, 0.1) is 19.7 Å². The molecule has 2 rings (SSSR count). The van der Waals surface area contributed by atoms with Crippen LogP contribution in [0.4, 0.5) is 4.39 Å². The van der Waals surface area contributed by atoms with Crippen molar-refractivity contribution < 1.29 is 9.60 Å². The Morgan fingerprint density at radius 2 is 2.15 bits per heavy atom. The molecule has 3 N–H and O–H groups in total. The molecule has 1 aromatic heterocycles. The first kappa shape index (κ1) is 14.0. The van der Waals surface area contributed by atoms with Crippen LogP contribution in [0.5, 0.6) is 0 Å². The third-order valence-electron chi connectivity index (χ3n) is 3.37. The second-order valence-corrected chi connectivity index (χ2v) is 4.56. The second kappa shape index (κ2) is 5.32. The number of nitrogens with zero attached hydrogens (tertiary/aromatic N) is 3. The Labute approximate surface area is 116 Å². The van der Waals surface area contributed by atoms with E-state index in [-0.39, 0.29) is 5.84 Å². The summed E-state index contributed by atoms with van der Waals surface area (Å²) in [5, 5.41) is 16.2. The number of oxime groups is 1. The van der Waals surface area contributed by atoms with Crippen molar-refractivity contribution in [2.24, 2.45) is 10.9 Å². The van der Waals surface area contributed by atoms with E-state index in [0.29, 0.717) is 11.3 Å². The van der Waals surface area contributed by atoms with Crippen LogP contribution in [0.2, 0.25) is 0 Å². The van der Waals surface area contributed by atoms with E-state index >= 15 is 0 Å². The number of hydrogen-bond acceptors (Lipinski definition) is 3. The smallest absolute Gasteiger partial charge is 0.172 e. The van der Waals surface area contributed by atoms with Crippen molar-refractivity contribution in [1.29, 1.82) is 0 Å². The van der Waals surface area contributed by atoms with Crippen LogP contribution in [0.15, 0.2) is 23.4 Å². The van der Waals surface area contributed by atoms with Gasteiger partial charge in [-0.25, -0.2) is 9.07 Å². The number of rotatable bonds is 3. The first-order valence-electron chi connectivity index (χ1n) is 6.32. The molecule has 0 radical (unpaired) electrons. The molecule has 0 amide bonds. The molecular formula is C14H17FN4O. The van der Waals surface area contributed by atoms with Gasteiger partial charge in [0, 0.05) is 11.3 Å². The molecule has 20 heavy (non-hydrogen) atoms. The first-order chi connectivity index (χ1) is 9.49. The lowest BCUT2D eigenvalue weighted by Crippen LogP contribution is -2.17. The number of halogens is 1. The SMILES string of the molecule is CCc1c(C)nn(-c2ccc(F)cc2C(N)=NO)c1C. The monoisotopic (exact) mass is 276 g/mol. The summed E-state index contributed by atoms with van der Waals surface area (Å²) in [6.07, 6.45) is 0.859. The predicted molar refractivity (Wildman–Crippen MR) is 74.9 cm³/mol. The second-order valence-electron chi connectivity index (χ2n) is 4.56. The molecule has 106 valence electrons. The summed E-state index contributed by atoms with van der Waals surface area (Å²) in [5.41, 5.74) is 9.53. The maximum Gasteiger partial charge on any atom is 0.172 e. The molecule has 1 aromatic carbocycles. The van der Waals surface area contributed by atoms with E-state index in [2.05, 4.69) is 17.2 Å². The molecule has 0 atom stereocenters. The van der Waals surface area contributed by atoms with Gasteiger partial charge in [0.15, 0.2) is 5.84 Å². The average Bonchev–Trinajstić information content (AvgIpc) is 2.72. The lowest BCUT2D eigenvalue weighted by atomic mass is 10.1. The number of hydrogen-bond donors (Lipinski definition) is 2. The summed E-state index contributed by atoms with van der Waals surface area (Å²) in [6, 6.07) is 4.12. The highest BCUT2D eigenvalue weighted by molar-refractivity contribution is 6.00. The van der Waals surface area contributed by atoms with E-state index in [9.17, 15) is 4.39 Å². The van der Waals surface area contributed by atoms with Crippen LogP contribution in [0.3, 0.4) is 0 Å². The van der Waals surface area contributed by atoms with E-state index in [1.165, 1.54) is 12.1 Å². The van der Waals surface area contributed by atoms with Gasteiger partial charge >= 0.3 is 0 Å². The normalized spacial score (nSPS) is 11.9. The zero-order valence-corrected chi connectivity index (χ0v) is 11.7. The highest BCUT2D eigenvalue weighted by atomic mass is 19.1. The Balaban J connectivity index is 2.70. The topological polar surface area (TPSA) is 76.4 Å². The number of nitrogens with two attached hydrogens (primary N) is 1. The standard InChI is InChI=1S/C14H17FN4O/c1-4-11-8(2)17-19(9(11)3)13-6-5-10(15)7-12(13)14(16)18-20/h5-7,20H,4H2,1-3H3,(H2,16,18). The molecular weight excluding hydrogens is 259 g/mol. The van der Waals surface area contributed by atoms with E-state index < -0.39 is 5.82 Å². The fraction of sp³-hybridized carbons (Fsp3) is 0.286. The molecule has 1 heterocycles. The number of aryl methyl sites for hydroxylation is 1. The largest absolute Gasteiger partial charge is 0.409 e. The quantitative estimate of drug-likeness (QED) is 0.391. The molecule has 0 aliphatic heterocycles. The maximum atomic E-state index is 13.4. The number of aromatic nitrogens is 2. The molecule has 0 aliphatic carbocycles. The molecule has 0 saturated carbocycles. The molecule has 0 aliphatic rings. The van der Waals surface area contributed by atoms with E-state index in [1.807, 2.05) is 13.8 Å². The van der Waals surface area contributed by atoms with Crippen molar-refractivity contribution in [3.05, 3.63) is 46.5 Å². The molecule has 0 unspecified atom stereocenters. The summed E-state index contributed by atoms with van der Waals surface area (Å²) in [6.45, 7) is 5.92. The van der Waals surface area contributed by atoms with Gasteiger partial charge in [-0.15, -0.1) is 0 Å². The Bertz CT molecular complexity index is 676. The summed E-state index contributed by atoms with van der Waals surface area (Å²) < 4.78 is 15.1. The van der Waals surface area contributed by atoms with Crippen LogP contribution >= 0.6 is 0 Å². The summed E-state index contributed by atoms with van der Waals surface area (Å²) in [5.74, 6) is -0.599. The lowest BCUT2D eigenvalue weighted by Gasteiger charge is -2.10. The highest BCUT2D eigenvalue weighted by Crippen LogP contribution is 2.22. The number of amidine groups is 1. The van der Waals surface area contributed by atoms with Crippen LogP contribution in [-0.4, -0.2) is 20.8 Å². The Hall–Kier alpha value is -2.37. The van der Waals surface area contributed by atoms with Crippen LogP contribution < -0.4 is 5.73 Å². The van der Waals surface area contributed by atoms with Crippen molar-refractivity contribution in [3.63, 3.8) is 0 Å². The third-order valence-corrected chi connectivity index (χ3v) is 3.37. The molecule has 2 aromatic rings. The summed E-state index contributed by atoms with van der Waals surface area (Å²) >= 11 is 0. The molecule has 0 fully saturated rings. The minimum absolute atomic E-state index is 0.148. The maximum absolute atomic E-state index is 13.4. The third kappa shape index (κ3) is 2.24. The molecule has 0 bridgehead atoms. The zero-order chi connectivity index (χ0) is 14.9. The van der Waals surface area contributed by atoms with Crippen LogP contribution in [0.25, 0.3) is 5.69 Å². The minimum Gasteiger partial charge on any atom is -0.409 e. The average molecular weight is 276 g/mol. The Kier molecular flexibility index (Phi) is 3.74. The molecule has 0 spiro atoms. The van der Waals surface area contributed by atoms with Gasteiger partial charge in [0.05, 0.1) is 11.4 Å². The number of benzene rings is 1. The molecule has 0 saturated heterocycles. The lowest BCUT2D eigenvalue weighted by molar-refractivity contribution is 0.318. The van der Waals surface area contributed by atoms with Crippen molar-refractivity contribution in [2.45, 2.75) is 27.2 Å². The molecule has 5 nitrogen and oxygen atoms in total. The van der Waals surface area contributed by atoms with Gasteiger partial charge in [0.25, 0.3) is 0 Å². The van der Waals surface area contributed by atoms with Gasteiger partial charge in [-0.2, -0.15) is 5.10 Å². The minimum atomic E-state index is -0.451. The van der Waals surface area contributed by atoms with Crippen LogP contribution in [-0.2, 0) is 6.42 Å². The fourth-order valence-electron chi connectivity index (χ4n) is 2.37. The van der Waals surface area contributed by atoms with Crippen molar-refractivity contribution >= 4 is 5.84 Å². The van der Waals surface area contributed by atoms with Crippen LogP contribution in [0.1, 0.15) is 29.4 Å². The van der Waals surface area contributed by atoms with Crippen molar-refractivity contribution in [1.82, 2.24) is 9.78 Å². The van der Waals surface area contributed by atoms with Gasteiger partial charge in [0.2, 0.25) is 0 Å². The summed E-state index contributed by atoms with van der Waals surface area (Å²) in [7, 11) is 0. The Morgan fingerprint density at radius 1 is 1.45 bits per heavy atom. The fourth-order valence-corrected chi connectivity index (χ4v) is 2.37. The predicted octanol–water partition coefficient (Wildman–Crippen LogP) is 2.29. The van der Waals surface area contributed by atoms with E-state index in [1.54, 1.807) is 10.7 Å².